The molecule has 0 saturated heterocycles. The second-order valence-electron chi connectivity index (χ2n) is 5.61. The van der Waals surface area contributed by atoms with E-state index < -0.39 is 0 Å². The highest BCUT2D eigenvalue weighted by Crippen LogP contribution is 2.36. The molecule has 2 rings (SSSR count). The van der Waals surface area contributed by atoms with E-state index in [9.17, 15) is 0 Å². The highest BCUT2D eigenvalue weighted by molar-refractivity contribution is 8.13. The molecule has 1 saturated carbocycles. The predicted molar refractivity (Wildman–Crippen MR) is 68.5 cm³/mol. The molecule has 15 heavy (non-hydrogen) atoms. The van der Waals surface area contributed by atoms with Crippen molar-refractivity contribution in [1.29, 1.82) is 0 Å². The summed E-state index contributed by atoms with van der Waals surface area (Å²) in [5.74, 6) is 2.12. The molecular formula is C12H22N2S. The van der Waals surface area contributed by atoms with Gasteiger partial charge in [0.25, 0.3) is 0 Å². The fraction of sp³-hybridized carbons (Fsp3) is 0.917. The summed E-state index contributed by atoms with van der Waals surface area (Å²) in [7, 11) is 0. The predicted octanol–water partition coefficient (Wildman–Crippen LogP) is 2.89. The standard InChI is InChI=1S/C12H22N2S/c1-4-5-9-6-10(9)14-11-13-7-12(2,3)8-15-11/h9-10H,4-8H2,1-3H3,(H,13,14). The lowest BCUT2D eigenvalue weighted by molar-refractivity contribution is 0.436. The minimum atomic E-state index is 0.391. The summed E-state index contributed by atoms with van der Waals surface area (Å²) in [6.07, 6.45) is 4.05. The molecule has 86 valence electrons. The molecule has 1 N–H and O–H groups in total. The van der Waals surface area contributed by atoms with E-state index in [-0.39, 0.29) is 0 Å². The lowest BCUT2D eigenvalue weighted by Crippen LogP contribution is -2.32. The molecule has 0 spiro atoms. The quantitative estimate of drug-likeness (QED) is 0.800. The van der Waals surface area contributed by atoms with Crippen molar-refractivity contribution < 1.29 is 0 Å². The maximum absolute atomic E-state index is 4.63. The van der Waals surface area contributed by atoms with Crippen molar-refractivity contribution in [3.63, 3.8) is 0 Å². The molecule has 1 heterocycles. The molecule has 1 aliphatic heterocycles. The average molecular weight is 226 g/mol. The Morgan fingerprint density at radius 2 is 2.33 bits per heavy atom. The Hall–Kier alpha value is -0.180. The van der Waals surface area contributed by atoms with Crippen LogP contribution in [0.1, 0.15) is 40.0 Å². The molecule has 0 aromatic heterocycles. The first-order chi connectivity index (χ1) is 7.11. The van der Waals surface area contributed by atoms with Crippen LogP contribution >= 0.6 is 11.8 Å². The Morgan fingerprint density at radius 3 is 2.93 bits per heavy atom. The van der Waals surface area contributed by atoms with Gasteiger partial charge in [-0.2, -0.15) is 0 Å². The van der Waals surface area contributed by atoms with Gasteiger partial charge in [0, 0.05) is 18.3 Å². The van der Waals surface area contributed by atoms with Crippen LogP contribution in [0.5, 0.6) is 0 Å². The minimum absolute atomic E-state index is 0.391. The Balaban J connectivity index is 1.75. The number of thioether (sulfide) groups is 1. The maximum Gasteiger partial charge on any atom is 0.156 e. The number of hydrogen-bond acceptors (Lipinski definition) is 3. The van der Waals surface area contributed by atoms with Gasteiger partial charge < -0.3 is 5.32 Å². The van der Waals surface area contributed by atoms with Gasteiger partial charge in [0.05, 0.1) is 0 Å². The van der Waals surface area contributed by atoms with Crippen molar-refractivity contribution in [1.82, 2.24) is 5.32 Å². The average Bonchev–Trinajstić information content (AvgIpc) is 2.89. The molecule has 2 unspecified atom stereocenters. The van der Waals surface area contributed by atoms with Crippen molar-refractivity contribution in [2.75, 3.05) is 12.3 Å². The van der Waals surface area contributed by atoms with Crippen molar-refractivity contribution >= 4 is 16.9 Å². The maximum atomic E-state index is 4.63. The third-order valence-electron chi connectivity index (χ3n) is 3.14. The lowest BCUT2D eigenvalue weighted by Gasteiger charge is -2.27. The van der Waals surface area contributed by atoms with Gasteiger partial charge in [-0.15, -0.1) is 0 Å². The van der Waals surface area contributed by atoms with E-state index in [1.165, 1.54) is 30.2 Å². The normalized spacial score (nSPS) is 33.4. The highest BCUT2D eigenvalue weighted by Gasteiger charge is 2.37. The second kappa shape index (κ2) is 4.36. The molecule has 2 nitrogen and oxygen atoms in total. The van der Waals surface area contributed by atoms with Crippen LogP contribution in [0, 0.1) is 11.3 Å². The number of nitrogens with zero attached hydrogens (tertiary/aromatic N) is 1. The van der Waals surface area contributed by atoms with Gasteiger partial charge in [0.15, 0.2) is 5.17 Å². The molecule has 0 aromatic rings. The van der Waals surface area contributed by atoms with Crippen LogP contribution in [0.2, 0.25) is 0 Å². The van der Waals surface area contributed by atoms with Crippen LogP contribution in [0.4, 0.5) is 0 Å². The fourth-order valence-corrected chi connectivity index (χ4v) is 3.01. The van der Waals surface area contributed by atoms with Gasteiger partial charge >= 0.3 is 0 Å². The first-order valence-corrected chi connectivity index (χ1v) is 7.03. The van der Waals surface area contributed by atoms with Crippen LogP contribution in [0.3, 0.4) is 0 Å². The van der Waals surface area contributed by atoms with Gasteiger partial charge in [-0.3, -0.25) is 4.99 Å². The van der Waals surface area contributed by atoms with Crippen molar-refractivity contribution in [2.24, 2.45) is 16.3 Å². The van der Waals surface area contributed by atoms with Crippen LogP contribution in [-0.2, 0) is 0 Å². The summed E-state index contributed by atoms with van der Waals surface area (Å²) in [6, 6.07) is 0.734. The first kappa shape index (κ1) is 11.3. The SMILES string of the molecule is CCCC1CC1NC1=NCC(C)(C)CS1. The van der Waals surface area contributed by atoms with Gasteiger partial charge in [-0.05, 0) is 24.2 Å². The molecule has 0 bridgehead atoms. The molecule has 2 atom stereocenters. The zero-order chi connectivity index (χ0) is 10.9. The largest absolute Gasteiger partial charge is 0.362 e. The number of aliphatic imine (C=N–C) groups is 1. The highest BCUT2D eigenvalue weighted by atomic mass is 32.2. The zero-order valence-electron chi connectivity index (χ0n) is 10.0. The Bertz CT molecular complexity index is 260. The number of nitrogens with one attached hydrogen (secondary N) is 1. The Morgan fingerprint density at radius 1 is 1.53 bits per heavy atom. The van der Waals surface area contributed by atoms with E-state index in [4.69, 9.17) is 0 Å². The molecular weight excluding hydrogens is 204 g/mol. The Kier molecular flexibility index (Phi) is 3.29. The van der Waals surface area contributed by atoms with E-state index in [2.05, 4.69) is 31.1 Å². The third kappa shape index (κ3) is 3.13. The second-order valence-corrected chi connectivity index (χ2v) is 6.57. The van der Waals surface area contributed by atoms with E-state index >= 15 is 0 Å². The number of amidine groups is 1. The molecule has 0 aromatic carbocycles. The summed E-state index contributed by atoms with van der Waals surface area (Å²) in [5, 5.41) is 4.77. The lowest BCUT2D eigenvalue weighted by atomic mass is 9.97. The van der Waals surface area contributed by atoms with Crippen LogP contribution < -0.4 is 5.32 Å². The fourth-order valence-electron chi connectivity index (χ4n) is 2.00. The van der Waals surface area contributed by atoms with E-state index in [1.807, 2.05) is 11.8 Å². The van der Waals surface area contributed by atoms with Gasteiger partial charge in [0.1, 0.15) is 0 Å². The summed E-state index contributed by atoms with van der Waals surface area (Å²) in [4.78, 5) is 4.63. The monoisotopic (exact) mass is 226 g/mol. The van der Waals surface area contributed by atoms with Crippen LogP contribution in [0.25, 0.3) is 0 Å². The van der Waals surface area contributed by atoms with E-state index in [0.29, 0.717) is 5.41 Å². The molecule has 2 aliphatic rings. The first-order valence-electron chi connectivity index (χ1n) is 6.04. The van der Waals surface area contributed by atoms with Gasteiger partial charge in [-0.25, -0.2) is 0 Å². The number of rotatable bonds is 3. The summed E-state index contributed by atoms with van der Waals surface area (Å²) in [6.45, 7) is 7.83. The molecule has 0 amide bonds. The molecule has 1 aliphatic carbocycles. The summed E-state index contributed by atoms with van der Waals surface area (Å²) in [5.41, 5.74) is 0.391. The smallest absolute Gasteiger partial charge is 0.156 e. The van der Waals surface area contributed by atoms with Crippen molar-refractivity contribution in [2.45, 2.75) is 46.1 Å². The van der Waals surface area contributed by atoms with Gasteiger partial charge in [0.2, 0.25) is 0 Å². The van der Waals surface area contributed by atoms with Crippen LogP contribution in [-0.4, -0.2) is 23.5 Å². The van der Waals surface area contributed by atoms with Crippen LogP contribution in [0.15, 0.2) is 4.99 Å². The van der Waals surface area contributed by atoms with Crippen molar-refractivity contribution in [3.8, 4) is 0 Å². The summed E-state index contributed by atoms with van der Waals surface area (Å²) >= 11 is 1.90. The minimum Gasteiger partial charge on any atom is -0.362 e. The molecule has 1 fully saturated rings. The van der Waals surface area contributed by atoms with Crippen molar-refractivity contribution in [3.05, 3.63) is 0 Å². The van der Waals surface area contributed by atoms with E-state index in [0.717, 1.165) is 18.5 Å². The zero-order valence-corrected chi connectivity index (χ0v) is 10.9. The van der Waals surface area contributed by atoms with Gasteiger partial charge in [-0.1, -0.05) is 39.0 Å². The number of hydrogen-bond donors (Lipinski definition) is 1. The van der Waals surface area contributed by atoms with E-state index in [1.54, 1.807) is 0 Å². The topological polar surface area (TPSA) is 24.4 Å². The molecule has 0 radical (unpaired) electrons. The third-order valence-corrected chi connectivity index (χ3v) is 4.59. The Labute approximate surface area is 97.3 Å². The summed E-state index contributed by atoms with van der Waals surface area (Å²) < 4.78 is 0. The molecule has 3 heteroatoms.